The number of benzene rings is 1. The van der Waals surface area contributed by atoms with Gasteiger partial charge in [0.05, 0.1) is 0 Å². The van der Waals surface area contributed by atoms with Gasteiger partial charge in [0.15, 0.2) is 0 Å². The van der Waals surface area contributed by atoms with Gasteiger partial charge in [0.1, 0.15) is 0 Å². The van der Waals surface area contributed by atoms with Crippen LogP contribution in [0, 0.1) is 5.92 Å². The molecule has 1 fully saturated rings. The summed E-state index contributed by atoms with van der Waals surface area (Å²) < 4.78 is 0. The lowest BCUT2D eigenvalue weighted by Crippen LogP contribution is -2.07. The van der Waals surface area contributed by atoms with E-state index in [4.69, 9.17) is 0 Å². The van der Waals surface area contributed by atoms with Crippen LogP contribution in [-0.2, 0) is 16.2 Å². The monoisotopic (exact) mass is 250 g/mol. The Morgan fingerprint density at radius 3 is 3.00 bits per heavy atom. The van der Waals surface area contributed by atoms with Crippen LogP contribution in [0.1, 0.15) is 29.3 Å². The van der Waals surface area contributed by atoms with Gasteiger partial charge in [0, 0.05) is 16.2 Å². The van der Waals surface area contributed by atoms with E-state index in [1.54, 1.807) is 0 Å². The highest BCUT2D eigenvalue weighted by Gasteiger charge is 2.35. The summed E-state index contributed by atoms with van der Waals surface area (Å²) in [5.74, 6) is 1.83. The van der Waals surface area contributed by atoms with E-state index < -0.39 is 6.29 Å². The first-order valence-electron chi connectivity index (χ1n) is 5.86. The molecule has 90 valence electrons. The van der Waals surface area contributed by atoms with E-state index in [0.717, 1.165) is 18.1 Å². The second-order valence-electron chi connectivity index (χ2n) is 4.67. The van der Waals surface area contributed by atoms with Crippen LogP contribution in [0.25, 0.3) is 0 Å². The largest absolute Gasteiger partial charge is 0.288 e. The minimum atomic E-state index is -0.662. The second-order valence-corrected chi connectivity index (χ2v) is 5.73. The van der Waals surface area contributed by atoms with Gasteiger partial charge in [-0.25, -0.2) is 0 Å². The van der Waals surface area contributed by atoms with Crippen molar-refractivity contribution in [1.29, 1.82) is 0 Å². The van der Waals surface area contributed by atoms with Crippen LogP contribution in [0.3, 0.4) is 0 Å². The first kappa shape index (κ1) is 11.3. The van der Waals surface area contributed by atoms with Crippen LogP contribution in [0.4, 0.5) is 0 Å². The SMILES string of the molecule is CC1CCc2cc(C(=O)C3OO3)ccc2SC1. The normalized spacial score (nSPS) is 23.9. The lowest BCUT2D eigenvalue weighted by Gasteiger charge is -2.06. The third-order valence-electron chi connectivity index (χ3n) is 3.18. The molecule has 2 aliphatic rings. The molecular weight excluding hydrogens is 236 g/mol. The molecule has 1 aromatic carbocycles. The fraction of sp³-hybridized carbons (Fsp3) is 0.462. The zero-order valence-electron chi connectivity index (χ0n) is 9.64. The lowest BCUT2D eigenvalue weighted by molar-refractivity contribution is 0.0850. The fourth-order valence-electron chi connectivity index (χ4n) is 2.04. The van der Waals surface area contributed by atoms with Crippen molar-refractivity contribution in [2.75, 3.05) is 5.75 Å². The fourth-order valence-corrected chi connectivity index (χ4v) is 3.18. The number of rotatable bonds is 2. The minimum Gasteiger partial charge on any atom is -0.288 e. The van der Waals surface area contributed by atoms with Gasteiger partial charge >= 0.3 is 0 Å². The molecule has 0 radical (unpaired) electrons. The van der Waals surface area contributed by atoms with E-state index in [-0.39, 0.29) is 5.78 Å². The molecule has 0 aliphatic carbocycles. The summed E-state index contributed by atoms with van der Waals surface area (Å²) in [6.45, 7) is 2.27. The summed E-state index contributed by atoms with van der Waals surface area (Å²) in [7, 11) is 0. The standard InChI is InChI=1S/C13H14O3S/c1-8-2-3-9-6-10(12(14)13-15-16-13)4-5-11(9)17-7-8/h4-6,8,13H,2-3,7H2,1H3. The quantitative estimate of drug-likeness (QED) is 0.460. The average molecular weight is 250 g/mol. The third kappa shape index (κ3) is 2.39. The molecule has 0 bridgehead atoms. The van der Waals surface area contributed by atoms with Gasteiger partial charge in [-0.1, -0.05) is 13.0 Å². The number of ketones is 1. The van der Waals surface area contributed by atoms with E-state index >= 15 is 0 Å². The van der Waals surface area contributed by atoms with Gasteiger partial charge in [0.2, 0.25) is 5.78 Å². The summed E-state index contributed by atoms with van der Waals surface area (Å²) in [5.41, 5.74) is 1.98. The number of Topliss-reactive ketones (excluding diaryl/α,β-unsaturated/α-hetero) is 1. The smallest absolute Gasteiger partial charge is 0.286 e. The first-order chi connectivity index (χ1) is 8.24. The summed E-state index contributed by atoms with van der Waals surface area (Å²) >= 11 is 1.89. The molecule has 1 saturated heterocycles. The summed E-state index contributed by atoms with van der Waals surface area (Å²) in [6.07, 6.45) is 1.58. The Bertz CT molecular complexity index is 454. The number of aryl methyl sites for hydroxylation is 1. The molecule has 0 saturated carbocycles. The number of carbonyl (C=O) groups is 1. The molecule has 3 rings (SSSR count). The maximum atomic E-state index is 11.8. The highest BCUT2D eigenvalue weighted by molar-refractivity contribution is 7.99. The lowest BCUT2D eigenvalue weighted by atomic mass is 10.00. The van der Waals surface area contributed by atoms with Gasteiger partial charge < -0.3 is 0 Å². The summed E-state index contributed by atoms with van der Waals surface area (Å²) in [4.78, 5) is 22.2. The Hall–Kier alpha value is -0.840. The highest BCUT2D eigenvalue weighted by atomic mass is 32.2. The Labute approximate surface area is 104 Å². The molecule has 0 spiro atoms. The Kier molecular flexibility index (Phi) is 2.94. The minimum absolute atomic E-state index is 0.0740. The van der Waals surface area contributed by atoms with Crippen LogP contribution < -0.4 is 0 Å². The predicted octanol–water partition coefficient (Wildman–Crippen LogP) is 2.83. The molecule has 2 aliphatic heterocycles. The third-order valence-corrected chi connectivity index (χ3v) is 4.63. The summed E-state index contributed by atoms with van der Waals surface area (Å²) in [5, 5.41) is 0. The molecule has 3 nitrogen and oxygen atoms in total. The molecule has 1 unspecified atom stereocenters. The number of fused-ring (bicyclic) bond motifs is 1. The van der Waals surface area contributed by atoms with Crippen molar-refractivity contribution in [3.05, 3.63) is 29.3 Å². The Morgan fingerprint density at radius 1 is 1.41 bits per heavy atom. The maximum Gasteiger partial charge on any atom is 0.286 e. The second kappa shape index (κ2) is 4.44. The number of carbonyl (C=O) groups excluding carboxylic acids is 1. The van der Waals surface area contributed by atoms with Gasteiger partial charge in [-0.15, -0.1) is 11.8 Å². The molecule has 17 heavy (non-hydrogen) atoms. The van der Waals surface area contributed by atoms with Crippen LogP contribution in [0.5, 0.6) is 0 Å². The van der Waals surface area contributed by atoms with Gasteiger partial charge in [-0.3, -0.25) is 4.79 Å². The molecule has 0 aromatic heterocycles. The van der Waals surface area contributed by atoms with Gasteiger partial charge in [-0.2, -0.15) is 9.78 Å². The van der Waals surface area contributed by atoms with Crippen molar-refractivity contribution < 1.29 is 14.6 Å². The van der Waals surface area contributed by atoms with Crippen LogP contribution in [0.2, 0.25) is 0 Å². The predicted molar refractivity (Wildman–Crippen MR) is 64.9 cm³/mol. The Morgan fingerprint density at radius 2 is 2.24 bits per heavy atom. The molecule has 1 atom stereocenters. The van der Waals surface area contributed by atoms with E-state index in [1.807, 2.05) is 30.0 Å². The van der Waals surface area contributed by atoms with E-state index in [9.17, 15) is 4.79 Å². The first-order valence-corrected chi connectivity index (χ1v) is 6.84. The molecular formula is C13H14O3S. The van der Waals surface area contributed by atoms with Crippen LogP contribution >= 0.6 is 11.8 Å². The van der Waals surface area contributed by atoms with Crippen LogP contribution in [0.15, 0.2) is 23.1 Å². The van der Waals surface area contributed by atoms with E-state index in [1.165, 1.54) is 16.9 Å². The van der Waals surface area contributed by atoms with Gasteiger partial charge in [-0.05, 0) is 36.5 Å². The highest BCUT2D eigenvalue weighted by Crippen LogP contribution is 2.32. The van der Waals surface area contributed by atoms with Gasteiger partial charge in [0.25, 0.3) is 6.29 Å². The molecule has 0 N–H and O–H groups in total. The van der Waals surface area contributed by atoms with Crippen molar-refractivity contribution in [3.8, 4) is 0 Å². The molecule has 4 heteroatoms. The van der Waals surface area contributed by atoms with E-state index in [0.29, 0.717) is 5.56 Å². The van der Waals surface area contributed by atoms with Crippen LogP contribution in [-0.4, -0.2) is 17.8 Å². The molecule has 1 aromatic rings. The number of hydrogen-bond acceptors (Lipinski definition) is 4. The maximum absolute atomic E-state index is 11.8. The molecule has 2 heterocycles. The van der Waals surface area contributed by atoms with E-state index in [2.05, 4.69) is 16.7 Å². The average Bonchev–Trinajstić information content (AvgIpc) is 3.16. The van der Waals surface area contributed by atoms with Crippen molar-refractivity contribution >= 4 is 17.5 Å². The van der Waals surface area contributed by atoms with Crippen molar-refractivity contribution in [1.82, 2.24) is 0 Å². The van der Waals surface area contributed by atoms with Crippen molar-refractivity contribution in [3.63, 3.8) is 0 Å². The Balaban J connectivity index is 1.87. The van der Waals surface area contributed by atoms with Crippen molar-refractivity contribution in [2.24, 2.45) is 5.92 Å². The zero-order chi connectivity index (χ0) is 11.8. The number of thioether (sulfide) groups is 1. The van der Waals surface area contributed by atoms with Crippen molar-refractivity contribution in [2.45, 2.75) is 31.0 Å². The molecule has 0 amide bonds. The topological polar surface area (TPSA) is 42.1 Å². The number of hydrogen-bond donors (Lipinski definition) is 0. The zero-order valence-corrected chi connectivity index (χ0v) is 10.5. The summed E-state index contributed by atoms with van der Waals surface area (Å²) in [6, 6.07) is 5.91.